The van der Waals surface area contributed by atoms with Crippen LogP contribution in [0, 0.1) is 0 Å². The van der Waals surface area contributed by atoms with Gasteiger partial charge in [-0.1, -0.05) is 84.9 Å². The molecule has 198 valence electrons. The highest BCUT2D eigenvalue weighted by molar-refractivity contribution is 7.91. The summed E-state index contributed by atoms with van der Waals surface area (Å²) < 4.78 is 72.9. The van der Waals surface area contributed by atoms with Crippen LogP contribution >= 0.6 is 8.25 Å². The van der Waals surface area contributed by atoms with E-state index < -0.39 is 27.9 Å². The summed E-state index contributed by atoms with van der Waals surface area (Å²) in [6.45, 7) is 0.111. The van der Waals surface area contributed by atoms with E-state index in [4.69, 9.17) is 9.05 Å². The molecule has 0 aromatic heterocycles. The van der Waals surface area contributed by atoms with Crippen LogP contribution < -0.4 is 0 Å². The summed E-state index contributed by atoms with van der Waals surface area (Å²) in [5.74, 6) is -0.232. The maximum Gasteiger partial charge on any atom is 0.319 e. The third-order valence-electron chi connectivity index (χ3n) is 5.68. The molecular formula is C28H27O7PS2. The molecule has 10 heteroatoms. The Labute approximate surface area is 223 Å². The lowest BCUT2D eigenvalue weighted by Gasteiger charge is -2.09. The van der Waals surface area contributed by atoms with E-state index in [1.165, 1.54) is 0 Å². The highest BCUT2D eigenvalue weighted by Gasteiger charge is 2.16. The van der Waals surface area contributed by atoms with Gasteiger partial charge in [0.1, 0.15) is 0 Å². The van der Waals surface area contributed by atoms with Crippen molar-refractivity contribution in [3.63, 3.8) is 0 Å². The van der Waals surface area contributed by atoms with Crippen molar-refractivity contribution in [2.45, 2.75) is 34.5 Å². The second-order valence-electron chi connectivity index (χ2n) is 8.60. The van der Waals surface area contributed by atoms with E-state index in [-0.39, 0.29) is 34.5 Å². The van der Waals surface area contributed by atoms with Gasteiger partial charge < -0.3 is 9.05 Å². The third-order valence-corrected chi connectivity index (χ3v) is 9.84. The van der Waals surface area contributed by atoms with E-state index in [0.29, 0.717) is 11.1 Å². The molecule has 0 N–H and O–H groups in total. The molecule has 0 radical (unpaired) electrons. The molecule has 4 aromatic rings. The van der Waals surface area contributed by atoms with Crippen molar-refractivity contribution in [2.24, 2.45) is 0 Å². The van der Waals surface area contributed by atoms with Gasteiger partial charge in [-0.3, -0.25) is 4.57 Å². The topological polar surface area (TPSA) is 104 Å². The van der Waals surface area contributed by atoms with Gasteiger partial charge in [-0.05, 0) is 46.5 Å². The molecule has 0 aliphatic carbocycles. The van der Waals surface area contributed by atoms with Crippen LogP contribution in [0.5, 0.6) is 0 Å². The SMILES string of the molecule is O=[PH](OCc1ccc(CS(=O)(=O)c2ccccc2)cc1)OCc1ccc(CS(=O)(=O)c2ccccc2)cc1. The van der Waals surface area contributed by atoms with Crippen molar-refractivity contribution in [3.8, 4) is 0 Å². The third kappa shape index (κ3) is 7.96. The number of sulfone groups is 2. The molecule has 0 spiro atoms. The van der Waals surface area contributed by atoms with E-state index in [1.54, 1.807) is 109 Å². The predicted molar refractivity (Wildman–Crippen MR) is 146 cm³/mol. The van der Waals surface area contributed by atoms with Crippen LogP contribution in [0.1, 0.15) is 22.3 Å². The molecule has 4 aromatic carbocycles. The maximum absolute atomic E-state index is 12.5. The highest BCUT2D eigenvalue weighted by atomic mass is 32.2. The fourth-order valence-electron chi connectivity index (χ4n) is 3.65. The number of hydrogen-bond acceptors (Lipinski definition) is 7. The lowest BCUT2D eigenvalue weighted by molar-refractivity contribution is 0.213. The minimum absolute atomic E-state index is 0.0554. The average Bonchev–Trinajstić information content (AvgIpc) is 2.93. The maximum atomic E-state index is 12.5. The zero-order valence-electron chi connectivity index (χ0n) is 20.4. The Morgan fingerprint density at radius 1 is 0.474 bits per heavy atom. The van der Waals surface area contributed by atoms with Gasteiger partial charge >= 0.3 is 8.25 Å². The van der Waals surface area contributed by atoms with E-state index in [1.807, 2.05) is 0 Å². The molecule has 4 rings (SSSR count). The molecule has 0 amide bonds. The lowest BCUT2D eigenvalue weighted by Crippen LogP contribution is -2.04. The molecule has 0 atom stereocenters. The molecule has 0 heterocycles. The summed E-state index contributed by atoms with van der Waals surface area (Å²) in [6.07, 6.45) is 0. The van der Waals surface area contributed by atoms with E-state index in [2.05, 4.69) is 0 Å². The van der Waals surface area contributed by atoms with Crippen LogP contribution in [-0.2, 0) is 58.0 Å². The van der Waals surface area contributed by atoms with Crippen molar-refractivity contribution in [1.82, 2.24) is 0 Å². The Kier molecular flexibility index (Phi) is 9.31. The zero-order chi connectivity index (χ0) is 27.0. The van der Waals surface area contributed by atoms with Gasteiger partial charge in [0, 0.05) is 0 Å². The van der Waals surface area contributed by atoms with Crippen LogP contribution in [-0.4, -0.2) is 16.8 Å². The summed E-state index contributed by atoms with van der Waals surface area (Å²) in [7, 11) is -9.65. The van der Waals surface area contributed by atoms with Crippen molar-refractivity contribution >= 4 is 27.9 Å². The van der Waals surface area contributed by atoms with Gasteiger partial charge in [0.15, 0.2) is 19.7 Å². The van der Waals surface area contributed by atoms with Crippen molar-refractivity contribution < 1.29 is 30.4 Å². The molecule has 0 unspecified atom stereocenters. The summed E-state index contributed by atoms with van der Waals surface area (Å²) in [5, 5.41) is 0. The summed E-state index contributed by atoms with van der Waals surface area (Å²) in [4.78, 5) is 0.546. The first kappa shape index (κ1) is 28.0. The van der Waals surface area contributed by atoms with Crippen LogP contribution in [0.4, 0.5) is 0 Å². The predicted octanol–water partition coefficient (Wildman–Crippen LogP) is 5.76. The van der Waals surface area contributed by atoms with Gasteiger partial charge in [0.25, 0.3) is 0 Å². The van der Waals surface area contributed by atoms with Gasteiger partial charge in [-0.15, -0.1) is 0 Å². The minimum atomic E-state index is -3.44. The van der Waals surface area contributed by atoms with E-state index in [0.717, 1.165) is 11.1 Å². The molecule has 7 nitrogen and oxygen atoms in total. The van der Waals surface area contributed by atoms with Crippen molar-refractivity contribution in [2.75, 3.05) is 0 Å². The molecule has 0 bridgehead atoms. The fourth-order valence-corrected chi connectivity index (χ4v) is 7.04. The quantitative estimate of drug-likeness (QED) is 0.200. The largest absolute Gasteiger partial charge is 0.319 e. The van der Waals surface area contributed by atoms with Crippen molar-refractivity contribution in [1.29, 1.82) is 0 Å². The molecule has 0 saturated carbocycles. The molecule has 0 fully saturated rings. The lowest BCUT2D eigenvalue weighted by atomic mass is 10.2. The van der Waals surface area contributed by atoms with Gasteiger partial charge in [-0.25, -0.2) is 16.8 Å². The summed E-state index contributed by atoms with van der Waals surface area (Å²) >= 11 is 0. The minimum Gasteiger partial charge on any atom is -0.306 e. The number of rotatable bonds is 12. The first-order valence-electron chi connectivity index (χ1n) is 11.7. The monoisotopic (exact) mass is 570 g/mol. The second-order valence-corrected chi connectivity index (χ2v) is 13.7. The Hall–Kier alpha value is -3.07. The molecule has 0 aliphatic heterocycles. The molecule has 0 saturated heterocycles. The number of hydrogen-bond donors (Lipinski definition) is 0. The molecule has 0 aliphatic rings. The normalized spacial score (nSPS) is 12.0. The summed E-state index contributed by atoms with van der Waals surface area (Å²) in [5.41, 5.74) is 2.75. The van der Waals surface area contributed by atoms with Crippen LogP contribution in [0.15, 0.2) is 119 Å². The Morgan fingerprint density at radius 2 is 0.789 bits per heavy atom. The summed E-state index contributed by atoms with van der Waals surface area (Å²) in [6, 6.07) is 30.3. The molecule has 38 heavy (non-hydrogen) atoms. The first-order valence-corrected chi connectivity index (χ1v) is 16.2. The average molecular weight is 571 g/mol. The Bertz CT molecular complexity index is 1450. The Balaban J connectivity index is 1.23. The molecular weight excluding hydrogens is 543 g/mol. The highest BCUT2D eigenvalue weighted by Crippen LogP contribution is 2.28. The zero-order valence-corrected chi connectivity index (χ0v) is 23.0. The Morgan fingerprint density at radius 3 is 1.13 bits per heavy atom. The first-order chi connectivity index (χ1) is 18.2. The van der Waals surface area contributed by atoms with Crippen molar-refractivity contribution in [3.05, 3.63) is 131 Å². The van der Waals surface area contributed by atoms with Gasteiger partial charge in [0.2, 0.25) is 0 Å². The number of benzene rings is 4. The van der Waals surface area contributed by atoms with E-state index >= 15 is 0 Å². The van der Waals surface area contributed by atoms with E-state index in [9.17, 15) is 21.4 Å². The van der Waals surface area contributed by atoms with Gasteiger partial charge in [-0.2, -0.15) is 0 Å². The smallest absolute Gasteiger partial charge is 0.306 e. The standard InChI is InChI=1S/C28H27O7PS2/c29-36(34-19-23-11-15-25(16-12-23)21-37(30,31)27-7-3-1-4-8-27)35-20-24-13-17-26(18-14-24)22-38(32,33)28-9-5-2-6-10-28/h1-18,36H,19-22H2. The van der Waals surface area contributed by atoms with Crippen LogP contribution in [0.25, 0.3) is 0 Å². The van der Waals surface area contributed by atoms with Crippen LogP contribution in [0.2, 0.25) is 0 Å². The van der Waals surface area contributed by atoms with Gasteiger partial charge in [0.05, 0.1) is 34.5 Å². The fraction of sp³-hybridized carbons (Fsp3) is 0.143. The van der Waals surface area contributed by atoms with Crippen LogP contribution in [0.3, 0.4) is 0 Å². The second kappa shape index (κ2) is 12.7.